The molecule has 3 aliphatic carbocycles. The van der Waals surface area contributed by atoms with E-state index in [0.29, 0.717) is 17.6 Å². The molecule has 36 heavy (non-hydrogen) atoms. The second kappa shape index (κ2) is 8.31. The summed E-state index contributed by atoms with van der Waals surface area (Å²) in [6.45, 7) is 4.36. The predicted molar refractivity (Wildman–Crippen MR) is 141 cm³/mol. The molecule has 1 saturated heterocycles. The molecule has 4 aliphatic rings. The second-order valence-electron chi connectivity index (χ2n) is 10.9. The van der Waals surface area contributed by atoms with E-state index in [0.717, 1.165) is 43.8 Å². The average Bonchev–Trinajstić information content (AvgIpc) is 3.10. The van der Waals surface area contributed by atoms with Gasteiger partial charge in [0.05, 0.1) is 12.4 Å². The van der Waals surface area contributed by atoms with Crippen LogP contribution >= 0.6 is 0 Å². The van der Waals surface area contributed by atoms with Crippen molar-refractivity contribution in [1.82, 2.24) is 14.3 Å². The molecule has 0 amide bonds. The van der Waals surface area contributed by atoms with Crippen molar-refractivity contribution in [3.63, 3.8) is 0 Å². The average molecular weight is 480 g/mol. The molecule has 0 radical (unpaired) electrons. The number of likely N-dealkylation sites (tertiary alicyclic amines) is 1. The normalized spacial score (nSPS) is 21.7. The monoisotopic (exact) mass is 479 g/mol. The molecule has 2 fully saturated rings. The Hall–Kier alpha value is -3.44. The number of alkyl halides is 1. The van der Waals surface area contributed by atoms with E-state index in [1.165, 1.54) is 39.0 Å². The van der Waals surface area contributed by atoms with Gasteiger partial charge in [-0.1, -0.05) is 30.3 Å². The van der Waals surface area contributed by atoms with Crippen LogP contribution in [-0.4, -0.2) is 39.2 Å². The van der Waals surface area contributed by atoms with E-state index < -0.39 is 0 Å². The van der Waals surface area contributed by atoms with Crippen LogP contribution in [0, 0.1) is 18.8 Å². The molecule has 3 heterocycles. The number of pyridine rings is 1. The van der Waals surface area contributed by atoms with Gasteiger partial charge in [-0.25, -0.2) is 4.98 Å². The lowest BCUT2D eigenvalue weighted by Gasteiger charge is -2.37. The summed E-state index contributed by atoms with van der Waals surface area (Å²) < 4.78 is 14.9. The lowest BCUT2D eigenvalue weighted by molar-refractivity contribution is 0.0727. The van der Waals surface area contributed by atoms with Gasteiger partial charge in [0.2, 0.25) is 0 Å². The van der Waals surface area contributed by atoms with Crippen LogP contribution in [-0.2, 0) is 6.54 Å². The molecule has 1 aliphatic heterocycles. The molecule has 2 aromatic heterocycles. The Bertz CT molecular complexity index is 1510. The first kappa shape index (κ1) is 21.8. The van der Waals surface area contributed by atoms with Gasteiger partial charge in [0.1, 0.15) is 11.4 Å². The number of aromatic hydroxyl groups is 1. The van der Waals surface area contributed by atoms with E-state index in [-0.39, 0.29) is 12.6 Å². The topological polar surface area (TPSA) is 40.8 Å². The summed E-state index contributed by atoms with van der Waals surface area (Å²) in [5, 5.41) is 10.3. The van der Waals surface area contributed by atoms with Crippen molar-refractivity contribution in [1.29, 1.82) is 0 Å². The third-order valence-corrected chi connectivity index (χ3v) is 8.43. The van der Waals surface area contributed by atoms with Crippen LogP contribution < -0.4 is 0 Å². The fourth-order valence-corrected chi connectivity index (χ4v) is 6.51. The van der Waals surface area contributed by atoms with Crippen molar-refractivity contribution < 1.29 is 9.50 Å². The maximum atomic E-state index is 12.8. The number of phenols is 1. The molecule has 2 aromatic carbocycles. The van der Waals surface area contributed by atoms with Gasteiger partial charge in [-0.15, -0.1) is 0 Å². The number of hydrogen-bond acceptors (Lipinski definition) is 3. The van der Waals surface area contributed by atoms with Crippen molar-refractivity contribution in [2.45, 2.75) is 32.2 Å². The molecular weight excluding hydrogens is 449 g/mol. The zero-order valence-corrected chi connectivity index (χ0v) is 20.5. The van der Waals surface area contributed by atoms with Crippen molar-refractivity contribution >= 4 is 16.8 Å². The summed E-state index contributed by atoms with van der Waals surface area (Å²) in [5.74, 6) is 1.51. The lowest BCUT2D eigenvalue weighted by atomic mass is 9.68. The van der Waals surface area contributed by atoms with E-state index >= 15 is 0 Å². The summed E-state index contributed by atoms with van der Waals surface area (Å²) in [7, 11) is 0. The van der Waals surface area contributed by atoms with Gasteiger partial charge in [-0.2, -0.15) is 0 Å². The summed E-state index contributed by atoms with van der Waals surface area (Å²) in [6.07, 6.45) is 6.44. The Balaban J connectivity index is 1.37. The number of fused-ring (bicyclic) bond motifs is 1. The maximum absolute atomic E-state index is 12.8. The largest absolute Gasteiger partial charge is 0.508 e. The fraction of sp³-hybridized carbons (Fsp3) is 0.323. The van der Waals surface area contributed by atoms with Crippen LogP contribution in [0.5, 0.6) is 5.75 Å². The number of imidazole rings is 1. The Labute approximate surface area is 210 Å². The Morgan fingerprint density at radius 3 is 2.64 bits per heavy atom. The first-order valence-electron chi connectivity index (χ1n) is 13.0. The minimum Gasteiger partial charge on any atom is -0.508 e. The van der Waals surface area contributed by atoms with Crippen LogP contribution in [0.4, 0.5) is 4.39 Å². The van der Waals surface area contributed by atoms with Gasteiger partial charge in [-0.05, 0) is 94.8 Å². The Kier molecular flexibility index (Phi) is 5.03. The Morgan fingerprint density at radius 1 is 1.00 bits per heavy atom. The highest BCUT2D eigenvalue weighted by atomic mass is 19.1. The van der Waals surface area contributed by atoms with Gasteiger partial charge in [0.15, 0.2) is 0 Å². The summed E-state index contributed by atoms with van der Waals surface area (Å²) in [6, 6.07) is 19.0. The molecule has 4 aromatic rings. The van der Waals surface area contributed by atoms with Crippen molar-refractivity contribution in [2.24, 2.45) is 11.8 Å². The van der Waals surface area contributed by atoms with Gasteiger partial charge < -0.3 is 9.51 Å². The minimum atomic E-state index is -0.232. The zero-order chi connectivity index (χ0) is 24.4. The van der Waals surface area contributed by atoms with Gasteiger partial charge in [-0.3, -0.25) is 9.29 Å². The first-order chi connectivity index (χ1) is 17.6. The van der Waals surface area contributed by atoms with Crippen molar-refractivity contribution in [3.8, 4) is 5.75 Å². The number of benzene rings is 2. The van der Waals surface area contributed by atoms with Crippen LogP contribution in [0.15, 0.2) is 67.0 Å². The van der Waals surface area contributed by atoms with Crippen molar-refractivity contribution in [2.75, 3.05) is 19.8 Å². The molecule has 2 bridgehead atoms. The highest BCUT2D eigenvalue weighted by Gasteiger charge is 2.40. The smallest absolute Gasteiger partial charge is 0.137 e. The molecule has 182 valence electrons. The van der Waals surface area contributed by atoms with Crippen LogP contribution in [0.2, 0.25) is 0 Å². The van der Waals surface area contributed by atoms with Crippen LogP contribution in [0.3, 0.4) is 0 Å². The quantitative estimate of drug-likeness (QED) is 0.370. The molecule has 0 unspecified atom stereocenters. The molecule has 5 heteroatoms. The van der Waals surface area contributed by atoms with E-state index in [1.807, 2.05) is 12.1 Å². The summed E-state index contributed by atoms with van der Waals surface area (Å²) >= 11 is 0. The van der Waals surface area contributed by atoms with E-state index in [9.17, 15) is 9.50 Å². The maximum Gasteiger partial charge on any atom is 0.137 e. The van der Waals surface area contributed by atoms with Crippen LogP contribution in [0.1, 0.15) is 52.3 Å². The van der Waals surface area contributed by atoms with Crippen LogP contribution in [0.25, 0.3) is 16.8 Å². The lowest BCUT2D eigenvalue weighted by Crippen LogP contribution is -2.46. The molecular formula is C31H30FN3O. The van der Waals surface area contributed by atoms with Gasteiger partial charge in [0.25, 0.3) is 0 Å². The second-order valence-corrected chi connectivity index (χ2v) is 10.9. The molecule has 1 N–H and O–H groups in total. The standard InChI is InChI=1S/C31H30FN3O/c1-19-4-2-3-5-26(19)31-23-10-22(11-23)28-13-25(36)6-7-27(28)30(31)21-8-9-35-18-24(33-29(35)12-21)17-34-15-20(14-32)16-34/h2-9,12-13,18,20,22-23,36H,10-11,14-17H2,1H3. The van der Waals surface area contributed by atoms with E-state index in [4.69, 9.17) is 4.98 Å². The Morgan fingerprint density at radius 2 is 1.83 bits per heavy atom. The molecule has 0 atom stereocenters. The number of rotatable bonds is 5. The number of phenolic OH excluding ortho intramolecular Hbond substituents is 1. The number of halogens is 1. The van der Waals surface area contributed by atoms with Gasteiger partial charge in [0, 0.05) is 37.9 Å². The summed E-state index contributed by atoms with van der Waals surface area (Å²) in [4.78, 5) is 7.20. The fourth-order valence-electron chi connectivity index (χ4n) is 6.51. The third-order valence-electron chi connectivity index (χ3n) is 8.43. The minimum absolute atomic E-state index is 0.182. The van der Waals surface area contributed by atoms with Gasteiger partial charge >= 0.3 is 0 Å². The van der Waals surface area contributed by atoms with E-state index in [2.05, 4.69) is 71.1 Å². The van der Waals surface area contributed by atoms with Crippen molar-refractivity contribution in [3.05, 3.63) is 101 Å². The zero-order valence-electron chi connectivity index (χ0n) is 20.5. The SMILES string of the molecule is Cc1ccccc1C1=C(c2ccn3cc(CN4CC(CF)C4)nc3c2)c2ccc(O)cc2C2CC1C2. The highest BCUT2D eigenvalue weighted by Crippen LogP contribution is 2.57. The number of hydrogen-bond donors (Lipinski definition) is 1. The molecule has 0 spiro atoms. The number of allylic oxidation sites excluding steroid dienone is 1. The molecule has 1 saturated carbocycles. The highest BCUT2D eigenvalue weighted by molar-refractivity contribution is 6.02. The molecule has 8 rings (SSSR count). The van der Waals surface area contributed by atoms with E-state index in [1.54, 1.807) is 0 Å². The molecule has 4 nitrogen and oxygen atoms in total. The number of aryl methyl sites for hydroxylation is 1. The first-order valence-corrected chi connectivity index (χ1v) is 13.0. The predicted octanol–water partition coefficient (Wildman–Crippen LogP) is 6.22. The third kappa shape index (κ3) is 3.48. The summed E-state index contributed by atoms with van der Waals surface area (Å²) in [5.41, 5.74) is 10.9. The number of aromatic nitrogens is 2. The number of nitrogens with zero attached hydrogens (tertiary/aromatic N) is 3.